The maximum Gasteiger partial charge on any atom is 0.186 e. The summed E-state index contributed by atoms with van der Waals surface area (Å²) in [5.74, 6) is 0.988. The molecule has 0 aliphatic heterocycles. The molecule has 0 amide bonds. The van der Waals surface area contributed by atoms with Crippen LogP contribution in [0.4, 0.5) is 0 Å². The number of fused-ring (bicyclic) bond motifs is 1. The molecule has 2 aromatic heterocycles. The van der Waals surface area contributed by atoms with Crippen molar-refractivity contribution in [2.75, 3.05) is 0 Å². The van der Waals surface area contributed by atoms with Gasteiger partial charge in [-0.15, -0.1) is 0 Å². The van der Waals surface area contributed by atoms with Crippen LogP contribution in [0.15, 0.2) is 76.7 Å². The Morgan fingerprint density at radius 2 is 1.74 bits per heavy atom. The zero-order valence-corrected chi connectivity index (χ0v) is 16.7. The van der Waals surface area contributed by atoms with Crippen molar-refractivity contribution in [1.29, 1.82) is 0 Å². The number of ketones is 1. The van der Waals surface area contributed by atoms with Crippen molar-refractivity contribution in [2.24, 2.45) is 0 Å². The van der Waals surface area contributed by atoms with Gasteiger partial charge in [-0.3, -0.25) is 4.79 Å². The van der Waals surface area contributed by atoms with E-state index in [4.69, 9.17) is 4.42 Å². The van der Waals surface area contributed by atoms with Crippen LogP contribution in [-0.4, -0.2) is 5.78 Å². The first kappa shape index (κ1) is 17.7. The summed E-state index contributed by atoms with van der Waals surface area (Å²) >= 11 is 0. The van der Waals surface area contributed by atoms with Gasteiger partial charge in [0.2, 0.25) is 0 Å². The fourth-order valence-electron chi connectivity index (χ4n) is 3.52. The number of benzene rings is 2. The molecule has 2 aromatic carbocycles. The molecule has 3 heteroatoms. The van der Waals surface area contributed by atoms with Gasteiger partial charge in [0.1, 0.15) is 11.1 Å². The third-order valence-electron chi connectivity index (χ3n) is 5.06. The molecule has 0 aliphatic carbocycles. The fraction of sp³-hybridized carbons (Fsp3) is 0.208. The van der Waals surface area contributed by atoms with Gasteiger partial charge in [0.05, 0.1) is 6.26 Å². The van der Waals surface area contributed by atoms with Crippen LogP contribution in [0, 0.1) is 6.92 Å². The lowest BCUT2D eigenvalue weighted by molar-refractivity contribution is 0.0951. The molecule has 2 nitrogen and oxygen atoms in total. The molecule has 4 aromatic rings. The average Bonchev–Trinajstić information content (AvgIpc) is 3.31. The Kier molecular flexibility index (Phi) is 4.48. The molecule has 0 bridgehead atoms. The summed E-state index contributed by atoms with van der Waals surface area (Å²) in [5.41, 5.74) is 1.77. The van der Waals surface area contributed by atoms with Gasteiger partial charge in [0.25, 0.3) is 0 Å². The molecule has 0 saturated heterocycles. The highest BCUT2D eigenvalue weighted by molar-refractivity contribution is 7.43. The van der Waals surface area contributed by atoms with E-state index >= 15 is 0 Å². The van der Waals surface area contributed by atoms with E-state index in [0.717, 1.165) is 11.3 Å². The van der Waals surface area contributed by atoms with Gasteiger partial charge >= 0.3 is 0 Å². The van der Waals surface area contributed by atoms with Crippen LogP contribution in [0.5, 0.6) is 0 Å². The molecule has 0 N–H and O–H groups in total. The standard InChI is InChI=1S/C24H23O2S/c1-17-16-27(22-8-5-4-7-20(17)22)19-12-10-18(11-13-19)21(25)15-24(2,3)23-9-6-14-26-23/h4-14,16H,15H2,1-3H3/q+1. The molecule has 2 heterocycles. The lowest BCUT2D eigenvalue weighted by Gasteiger charge is -2.20. The summed E-state index contributed by atoms with van der Waals surface area (Å²) in [5, 5.41) is 3.67. The van der Waals surface area contributed by atoms with E-state index in [-0.39, 0.29) is 21.7 Å². The number of furan rings is 1. The number of carbonyl (C=O) groups is 1. The third kappa shape index (κ3) is 3.35. The minimum atomic E-state index is -0.314. The summed E-state index contributed by atoms with van der Waals surface area (Å²) in [4.78, 5) is 14.0. The number of aryl methyl sites for hydroxylation is 1. The summed E-state index contributed by atoms with van der Waals surface area (Å²) in [6.45, 7) is 6.26. The van der Waals surface area contributed by atoms with E-state index in [1.165, 1.54) is 20.5 Å². The molecular weight excluding hydrogens is 352 g/mol. The zero-order valence-electron chi connectivity index (χ0n) is 15.9. The van der Waals surface area contributed by atoms with Gasteiger partial charge in [-0.25, -0.2) is 0 Å². The maximum atomic E-state index is 12.8. The lowest BCUT2D eigenvalue weighted by Crippen LogP contribution is -2.21. The highest BCUT2D eigenvalue weighted by Crippen LogP contribution is 2.42. The maximum absolute atomic E-state index is 12.8. The molecule has 0 radical (unpaired) electrons. The fourth-order valence-corrected chi connectivity index (χ4v) is 5.64. The van der Waals surface area contributed by atoms with Crippen LogP contribution < -0.4 is 0 Å². The van der Waals surface area contributed by atoms with Crippen LogP contribution in [0.2, 0.25) is 0 Å². The molecule has 0 spiro atoms. The number of rotatable bonds is 5. The topological polar surface area (TPSA) is 30.2 Å². The van der Waals surface area contributed by atoms with Gasteiger partial charge in [-0.1, -0.05) is 26.0 Å². The second-order valence-electron chi connectivity index (χ2n) is 7.62. The van der Waals surface area contributed by atoms with Crippen LogP contribution in [0.3, 0.4) is 0 Å². The highest BCUT2D eigenvalue weighted by atomic mass is 32.2. The first-order chi connectivity index (χ1) is 13.0. The Hall–Kier alpha value is -2.65. The van der Waals surface area contributed by atoms with Crippen molar-refractivity contribution in [1.82, 2.24) is 0 Å². The molecule has 136 valence electrons. The van der Waals surface area contributed by atoms with Crippen molar-refractivity contribution < 1.29 is 9.21 Å². The summed E-state index contributed by atoms with van der Waals surface area (Å²) < 4.78 is 6.88. The normalized spacial score (nSPS) is 12.5. The molecule has 27 heavy (non-hydrogen) atoms. The summed E-state index contributed by atoms with van der Waals surface area (Å²) in [6.07, 6.45) is 2.08. The second-order valence-corrected chi connectivity index (χ2v) is 9.44. The number of carbonyl (C=O) groups excluding carboxylic acids is 1. The Morgan fingerprint density at radius 1 is 1.00 bits per heavy atom. The van der Waals surface area contributed by atoms with Gasteiger partial charge in [0, 0.05) is 38.8 Å². The Balaban J connectivity index is 1.59. The van der Waals surface area contributed by atoms with Crippen molar-refractivity contribution in [3.05, 3.63) is 89.2 Å². The minimum absolute atomic E-state index is 0.0489. The first-order valence-electron chi connectivity index (χ1n) is 9.14. The lowest BCUT2D eigenvalue weighted by atomic mass is 9.83. The molecule has 1 atom stereocenters. The Bertz CT molecular complexity index is 1080. The van der Waals surface area contributed by atoms with Gasteiger partial charge in [-0.2, -0.15) is 0 Å². The molecule has 4 rings (SSSR count). The van der Waals surface area contributed by atoms with Gasteiger partial charge in [0.15, 0.2) is 15.4 Å². The number of hydrogen-bond donors (Lipinski definition) is 0. The molecule has 0 saturated carbocycles. The van der Waals surface area contributed by atoms with Crippen molar-refractivity contribution in [3.63, 3.8) is 0 Å². The molecule has 1 unspecified atom stereocenters. The Morgan fingerprint density at radius 3 is 2.44 bits per heavy atom. The van der Waals surface area contributed by atoms with Crippen LogP contribution in [0.1, 0.15) is 41.9 Å². The van der Waals surface area contributed by atoms with Gasteiger partial charge in [-0.05, 0) is 55.5 Å². The Labute approximate surface area is 162 Å². The molecular formula is C24H23O2S+. The van der Waals surface area contributed by atoms with Gasteiger partial charge < -0.3 is 4.42 Å². The number of thiophene rings is 1. The highest BCUT2D eigenvalue weighted by Gasteiger charge is 2.28. The predicted molar refractivity (Wildman–Crippen MR) is 113 cm³/mol. The van der Waals surface area contributed by atoms with Crippen LogP contribution >= 0.6 is 10.5 Å². The van der Waals surface area contributed by atoms with Crippen LogP contribution in [-0.2, 0) is 5.41 Å². The summed E-state index contributed by atoms with van der Waals surface area (Å²) in [7, 11) is -0.0489. The SMILES string of the molecule is Cc1c[s+](-c2ccc(C(=O)CC(C)(C)c3ccco3)cc2)c2ccccc12. The zero-order chi connectivity index (χ0) is 19.0. The molecule has 0 fully saturated rings. The van der Waals surface area contributed by atoms with Crippen molar-refractivity contribution >= 4 is 26.3 Å². The largest absolute Gasteiger partial charge is 0.469 e. The van der Waals surface area contributed by atoms with E-state index in [1.807, 2.05) is 38.1 Å². The van der Waals surface area contributed by atoms with E-state index in [9.17, 15) is 4.79 Å². The van der Waals surface area contributed by atoms with E-state index < -0.39 is 0 Å². The van der Waals surface area contributed by atoms with Crippen LogP contribution in [0.25, 0.3) is 15.0 Å². The predicted octanol–water partition coefficient (Wildman–Crippen LogP) is 7.03. The average molecular weight is 376 g/mol. The molecule has 0 aliphatic rings. The van der Waals surface area contributed by atoms with E-state index in [1.54, 1.807) is 6.26 Å². The third-order valence-corrected chi connectivity index (χ3v) is 7.26. The number of Topliss-reactive ketones (excluding diaryl/α,β-unsaturated/α-hetero) is 1. The van der Waals surface area contributed by atoms with E-state index in [2.05, 4.69) is 48.7 Å². The second kappa shape index (κ2) is 6.82. The van der Waals surface area contributed by atoms with Crippen molar-refractivity contribution in [3.8, 4) is 4.90 Å². The minimum Gasteiger partial charge on any atom is -0.469 e. The monoisotopic (exact) mass is 375 g/mol. The quantitative estimate of drug-likeness (QED) is 0.277. The number of hydrogen-bond acceptors (Lipinski definition) is 2. The van der Waals surface area contributed by atoms with E-state index in [0.29, 0.717) is 6.42 Å². The van der Waals surface area contributed by atoms with Crippen molar-refractivity contribution in [2.45, 2.75) is 32.6 Å². The summed E-state index contributed by atoms with van der Waals surface area (Å²) in [6, 6.07) is 20.5. The first-order valence-corrected chi connectivity index (χ1v) is 10.4. The smallest absolute Gasteiger partial charge is 0.186 e.